The molecular weight excluding hydrogens is 336 g/mol. The molecule has 2 rings (SSSR count). The number of carbonyl (C=O) groups excluding carboxylic acids is 2. The number of hydrogen-bond acceptors (Lipinski definition) is 5. The van der Waals surface area contributed by atoms with E-state index in [9.17, 15) is 9.59 Å². The molecule has 2 amide bonds. The van der Waals surface area contributed by atoms with E-state index in [4.69, 9.17) is 21.1 Å². The van der Waals surface area contributed by atoms with Crippen LogP contribution >= 0.6 is 11.6 Å². The Morgan fingerprint density at radius 3 is 2.88 bits per heavy atom. The molecule has 0 unspecified atom stereocenters. The Bertz CT molecular complexity index is 732. The minimum atomic E-state index is -0.477. The van der Waals surface area contributed by atoms with Gasteiger partial charge in [0.15, 0.2) is 5.82 Å². The first-order chi connectivity index (χ1) is 11.5. The molecule has 128 valence electrons. The topological polar surface area (TPSA) is 94.5 Å². The van der Waals surface area contributed by atoms with E-state index in [1.54, 1.807) is 36.1 Å². The highest BCUT2D eigenvalue weighted by molar-refractivity contribution is 6.30. The minimum absolute atomic E-state index is 0.0695. The number of imidazole rings is 1. The number of amides is 2. The molecule has 0 bridgehead atoms. The van der Waals surface area contributed by atoms with Gasteiger partial charge in [0.25, 0.3) is 0 Å². The monoisotopic (exact) mass is 352 g/mol. The number of carbonyl (C=O) groups is 2. The fraction of sp³-hybridized carbons (Fsp3) is 0.267. The van der Waals surface area contributed by atoms with Gasteiger partial charge in [-0.3, -0.25) is 14.7 Å². The number of aromatic nitrogens is 2. The van der Waals surface area contributed by atoms with Crippen LogP contribution in [0.1, 0.15) is 5.56 Å². The van der Waals surface area contributed by atoms with Gasteiger partial charge >= 0.3 is 18.5 Å². The smallest absolute Gasteiger partial charge is 0.324 e. The summed E-state index contributed by atoms with van der Waals surface area (Å²) in [5.74, 6) is 0.243. The second-order valence-corrected chi connectivity index (χ2v) is 5.28. The van der Waals surface area contributed by atoms with Crippen LogP contribution in [0.25, 0.3) is 0 Å². The van der Waals surface area contributed by atoms with Gasteiger partial charge in [-0.2, -0.15) is 4.98 Å². The first kappa shape index (κ1) is 17.8. The van der Waals surface area contributed by atoms with E-state index in [0.717, 1.165) is 5.56 Å². The molecule has 0 aliphatic carbocycles. The van der Waals surface area contributed by atoms with Crippen molar-refractivity contribution in [2.45, 2.75) is 13.5 Å². The van der Waals surface area contributed by atoms with Gasteiger partial charge in [-0.1, -0.05) is 11.6 Å². The van der Waals surface area contributed by atoms with Crippen LogP contribution < -0.4 is 15.4 Å². The summed E-state index contributed by atoms with van der Waals surface area (Å²) in [7, 11) is 1.55. The summed E-state index contributed by atoms with van der Waals surface area (Å²) in [6.45, 7) is 2.93. The quantitative estimate of drug-likeness (QED) is 0.747. The zero-order chi connectivity index (χ0) is 17.5. The number of aryl methyl sites for hydroxylation is 1. The maximum absolute atomic E-state index is 12.1. The normalized spacial score (nSPS) is 10.3. The SMILES string of the molecule is COCCn1cc(NC(=O)Nc2ccc(Cl)cc2C)nc1OC=O. The number of ether oxygens (including phenoxy) is 2. The van der Waals surface area contributed by atoms with Crippen molar-refractivity contribution in [1.29, 1.82) is 0 Å². The van der Waals surface area contributed by atoms with Crippen molar-refractivity contribution in [1.82, 2.24) is 9.55 Å². The number of halogens is 1. The lowest BCUT2D eigenvalue weighted by Crippen LogP contribution is -2.20. The van der Waals surface area contributed by atoms with Crippen LogP contribution in [0.3, 0.4) is 0 Å². The van der Waals surface area contributed by atoms with Crippen LogP contribution in [0.2, 0.25) is 5.02 Å². The van der Waals surface area contributed by atoms with E-state index >= 15 is 0 Å². The summed E-state index contributed by atoms with van der Waals surface area (Å²) in [5.41, 5.74) is 1.45. The molecule has 1 aromatic heterocycles. The highest BCUT2D eigenvalue weighted by Crippen LogP contribution is 2.20. The molecule has 0 radical (unpaired) electrons. The maximum Gasteiger partial charge on any atom is 0.324 e. The largest absolute Gasteiger partial charge is 0.394 e. The number of anilines is 2. The Labute approximate surface area is 143 Å². The highest BCUT2D eigenvalue weighted by Gasteiger charge is 2.12. The molecule has 8 nitrogen and oxygen atoms in total. The van der Waals surface area contributed by atoms with E-state index in [1.165, 1.54) is 0 Å². The Morgan fingerprint density at radius 2 is 2.21 bits per heavy atom. The number of urea groups is 1. The highest BCUT2D eigenvalue weighted by atomic mass is 35.5. The Kier molecular flexibility index (Phi) is 6.16. The Hall–Kier alpha value is -2.58. The van der Waals surface area contributed by atoms with Crippen molar-refractivity contribution in [2.75, 3.05) is 24.4 Å². The van der Waals surface area contributed by atoms with Crippen molar-refractivity contribution in [3.8, 4) is 6.01 Å². The lowest BCUT2D eigenvalue weighted by Gasteiger charge is -2.08. The van der Waals surface area contributed by atoms with E-state index < -0.39 is 6.03 Å². The second kappa shape index (κ2) is 8.32. The lowest BCUT2D eigenvalue weighted by molar-refractivity contribution is -0.121. The molecule has 9 heteroatoms. The number of nitrogens with one attached hydrogen (secondary N) is 2. The van der Waals surface area contributed by atoms with Crippen LogP contribution in [0, 0.1) is 6.92 Å². The van der Waals surface area contributed by atoms with E-state index in [2.05, 4.69) is 15.6 Å². The van der Waals surface area contributed by atoms with Gasteiger partial charge in [-0.25, -0.2) is 4.79 Å². The fourth-order valence-corrected chi connectivity index (χ4v) is 2.21. The summed E-state index contributed by atoms with van der Waals surface area (Å²) >= 11 is 5.88. The third-order valence-corrected chi connectivity index (χ3v) is 3.34. The van der Waals surface area contributed by atoms with Gasteiger partial charge in [0, 0.05) is 17.8 Å². The average Bonchev–Trinajstić information content (AvgIpc) is 2.90. The van der Waals surface area contributed by atoms with Crippen LogP contribution in [0.4, 0.5) is 16.3 Å². The first-order valence-corrected chi connectivity index (χ1v) is 7.42. The van der Waals surface area contributed by atoms with Crippen molar-refractivity contribution in [3.63, 3.8) is 0 Å². The first-order valence-electron chi connectivity index (χ1n) is 7.04. The molecule has 0 fully saturated rings. The average molecular weight is 353 g/mol. The number of nitrogens with zero attached hydrogens (tertiary/aromatic N) is 2. The zero-order valence-corrected chi connectivity index (χ0v) is 14.0. The summed E-state index contributed by atoms with van der Waals surface area (Å²) in [6, 6.07) is 4.72. The van der Waals surface area contributed by atoms with Crippen molar-refractivity contribution >= 4 is 35.6 Å². The molecule has 0 saturated carbocycles. The third-order valence-electron chi connectivity index (χ3n) is 3.11. The van der Waals surface area contributed by atoms with Crippen molar-refractivity contribution < 1.29 is 19.1 Å². The molecular formula is C15H17ClN4O4. The molecule has 0 aliphatic heterocycles. The number of rotatable bonds is 7. The van der Waals surface area contributed by atoms with E-state index in [-0.39, 0.29) is 18.3 Å². The van der Waals surface area contributed by atoms with Gasteiger partial charge < -0.3 is 14.8 Å². The number of benzene rings is 1. The molecule has 1 aromatic carbocycles. The number of methoxy groups -OCH3 is 1. The predicted octanol–water partition coefficient (Wildman–Crippen LogP) is 2.67. The van der Waals surface area contributed by atoms with E-state index in [1.807, 2.05) is 6.92 Å². The second-order valence-electron chi connectivity index (χ2n) is 4.85. The molecule has 1 heterocycles. The van der Waals surface area contributed by atoms with Crippen molar-refractivity contribution in [2.24, 2.45) is 0 Å². The van der Waals surface area contributed by atoms with Gasteiger partial charge in [0.2, 0.25) is 0 Å². The van der Waals surface area contributed by atoms with E-state index in [0.29, 0.717) is 23.9 Å². The Morgan fingerprint density at radius 1 is 1.42 bits per heavy atom. The summed E-state index contributed by atoms with van der Waals surface area (Å²) < 4.78 is 11.3. The molecule has 24 heavy (non-hydrogen) atoms. The zero-order valence-electron chi connectivity index (χ0n) is 13.2. The lowest BCUT2D eigenvalue weighted by atomic mass is 10.2. The van der Waals surface area contributed by atoms with Gasteiger partial charge in [0.05, 0.1) is 19.3 Å². The summed E-state index contributed by atoms with van der Waals surface area (Å²) in [4.78, 5) is 26.6. The minimum Gasteiger partial charge on any atom is -0.394 e. The molecule has 2 aromatic rings. The molecule has 0 saturated heterocycles. The van der Waals surface area contributed by atoms with Crippen LogP contribution in [0.15, 0.2) is 24.4 Å². The maximum atomic E-state index is 12.1. The van der Waals surface area contributed by atoms with Gasteiger partial charge in [0.1, 0.15) is 0 Å². The molecule has 0 spiro atoms. The number of hydrogen-bond donors (Lipinski definition) is 2. The predicted molar refractivity (Wildman–Crippen MR) is 89.6 cm³/mol. The fourth-order valence-electron chi connectivity index (χ4n) is 1.98. The van der Waals surface area contributed by atoms with Crippen LogP contribution in [0.5, 0.6) is 6.01 Å². The Balaban J connectivity index is 2.06. The van der Waals surface area contributed by atoms with Crippen LogP contribution in [-0.2, 0) is 16.1 Å². The standard InChI is InChI=1S/C15H17ClN4O4/c1-10-7-11(16)3-4-12(10)17-14(22)18-13-8-20(5-6-23-2)15(19-13)24-9-21/h3-4,7-9H,5-6H2,1-2H3,(H2,17,18,22). The van der Waals surface area contributed by atoms with Crippen molar-refractivity contribution in [3.05, 3.63) is 35.0 Å². The third kappa shape index (κ3) is 4.71. The van der Waals surface area contributed by atoms with Gasteiger partial charge in [-0.15, -0.1) is 0 Å². The molecule has 2 N–H and O–H groups in total. The summed E-state index contributed by atoms with van der Waals surface area (Å²) in [6.07, 6.45) is 1.55. The van der Waals surface area contributed by atoms with Gasteiger partial charge in [-0.05, 0) is 30.7 Å². The summed E-state index contributed by atoms with van der Waals surface area (Å²) in [5, 5.41) is 5.86. The van der Waals surface area contributed by atoms with Crippen LogP contribution in [-0.4, -0.2) is 35.8 Å². The molecule has 0 atom stereocenters. The molecule has 0 aliphatic rings.